The number of imidazole rings is 1. The van der Waals surface area contributed by atoms with Gasteiger partial charge in [-0.3, -0.25) is 9.69 Å². The fraction of sp³-hybridized carbons (Fsp3) is 0.538. The van der Waals surface area contributed by atoms with E-state index in [1.807, 2.05) is 6.92 Å². The van der Waals surface area contributed by atoms with Crippen LogP contribution in [-0.2, 0) is 11.2 Å². The SMILES string of the molecule is CCc1nocc1C(=O)NC(c1nc2c(F)c(C3COCCN3C(=O)O)ccc2[nH]1)C1CCC(C)CC1. The Labute approximate surface area is 213 Å². The highest BCUT2D eigenvalue weighted by atomic mass is 19.1. The lowest BCUT2D eigenvalue weighted by molar-refractivity contribution is -0.00190. The summed E-state index contributed by atoms with van der Waals surface area (Å²) in [7, 11) is 0. The topological polar surface area (TPSA) is 134 Å². The summed E-state index contributed by atoms with van der Waals surface area (Å²) in [6.45, 7) is 4.63. The fourth-order valence-corrected chi connectivity index (χ4v) is 5.52. The Balaban J connectivity index is 1.50. The first-order chi connectivity index (χ1) is 17.9. The second-order valence-corrected chi connectivity index (χ2v) is 10.1. The van der Waals surface area contributed by atoms with Crippen LogP contribution in [0.3, 0.4) is 0 Å². The number of carbonyl (C=O) groups excluding carboxylic acids is 1. The predicted molar refractivity (Wildman–Crippen MR) is 132 cm³/mol. The van der Waals surface area contributed by atoms with Gasteiger partial charge in [0.2, 0.25) is 0 Å². The standard InChI is InChI=1S/C26H32FN5O5/c1-3-18-17(12-37-31-18)25(33)30-22(15-6-4-14(2)5-7-15)24-28-19-9-8-16(21(27)23(19)29-24)20-13-36-11-10-32(20)26(34)35/h8-9,12,14-15,20,22H,3-7,10-11,13H2,1-2H3,(H,28,29)(H,30,33)(H,34,35). The molecule has 1 saturated heterocycles. The maximum absolute atomic E-state index is 15.8. The molecule has 3 heterocycles. The molecule has 198 valence electrons. The molecular formula is C26H32FN5O5. The average molecular weight is 514 g/mol. The monoisotopic (exact) mass is 513 g/mol. The zero-order valence-electron chi connectivity index (χ0n) is 21.0. The van der Waals surface area contributed by atoms with Crippen molar-refractivity contribution in [1.82, 2.24) is 25.3 Å². The van der Waals surface area contributed by atoms with Gasteiger partial charge in [-0.15, -0.1) is 0 Å². The second kappa shape index (κ2) is 10.5. The van der Waals surface area contributed by atoms with E-state index in [1.54, 1.807) is 12.1 Å². The molecule has 0 radical (unpaired) electrons. The smallest absolute Gasteiger partial charge is 0.407 e. The van der Waals surface area contributed by atoms with Crippen molar-refractivity contribution in [2.45, 2.75) is 58.0 Å². The third kappa shape index (κ3) is 4.92. The lowest BCUT2D eigenvalue weighted by atomic mass is 9.79. The number of H-pyrrole nitrogens is 1. The van der Waals surface area contributed by atoms with E-state index in [0.717, 1.165) is 25.7 Å². The van der Waals surface area contributed by atoms with Gasteiger partial charge in [0.25, 0.3) is 5.91 Å². The Hall–Kier alpha value is -3.47. The number of amides is 2. The molecule has 1 aromatic carbocycles. The molecule has 3 aromatic rings. The molecule has 2 atom stereocenters. The zero-order chi connectivity index (χ0) is 26.1. The highest BCUT2D eigenvalue weighted by Gasteiger charge is 2.34. The number of nitrogens with one attached hydrogen (secondary N) is 2. The van der Waals surface area contributed by atoms with Crippen LogP contribution in [0, 0.1) is 17.7 Å². The third-order valence-electron chi connectivity index (χ3n) is 7.71. The van der Waals surface area contributed by atoms with E-state index in [0.29, 0.717) is 34.9 Å². The first kappa shape index (κ1) is 25.2. The molecule has 5 rings (SSSR count). The quantitative estimate of drug-likeness (QED) is 0.439. The number of ether oxygens (including phenoxy) is 1. The number of carbonyl (C=O) groups is 2. The Morgan fingerprint density at radius 1 is 1.30 bits per heavy atom. The number of hydrogen-bond donors (Lipinski definition) is 3. The number of aromatic amines is 1. The van der Waals surface area contributed by atoms with E-state index in [1.165, 1.54) is 11.2 Å². The van der Waals surface area contributed by atoms with E-state index in [-0.39, 0.29) is 42.7 Å². The number of halogens is 1. The molecule has 10 nitrogen and oxygen atoms in total. The molecule has 2 unspecified atom stereocenters. The van der Waals surface area contributed by atoms with Crippen molar-refractivity contribution in [1.29, 1.82) is 0 Å². The first-order valence-electron chi connectivity index (χ1n) is 12.9. The van der Waals surface area contributed by atoms with Gasteiger partial charge >= 0.3 is 6.09 Å². The molecule has 1 aliphatic carbocycles. The van der Waals surface area contributed by atoms with Crippen LogP contribution in [0.2, 0.25) is 0 Å². The van der Waals surface area contributed by atoms with Gasteiger partial charge in [0.05, 0.1) is 36.5 Å². The maximum atomic E-state index is 15.8. The molecule has 0 bridgehead atoms. The Morgan fingerprint density at radius 3 is 2.81 bits per heavy atom. The summed E-state index contributed by atoms with van der Waals surface area (Å²) in [4.78, 5) is 34.0. The van der Waals surface area contributed by atoms with Crippen LogP contribution in [-0.4, -0.2) is 56.9 Å². The number of morpholine rings is 1. The number of aromatic nitrogens is 3. The number of hydrogen-bond acceptors (Lipinski definition) is 6. The largest absolute Gasteiger partial charge is 0.465 e. The van der Waals surface area contributed by atoms with Gasteiger partial charge in [0.15, 0.2) is 5.82 Å². The van der Waals surface area contributed by atoms with Gasteiger partial charge in [0.1, 0.15) is 23.2 Å². The van der Waals surface area contributed by atoms with Crippen LogP contribution in [0.15, 0.2) is 22.9 Å². The fourth-order valence-electron chi connectivity index (χ4n) is 5.52. The highest BCUT2D eigenvalue weighted by Crippen LogP contribution is 2.38. The first-order valence-corrected chi connectivity index (χ1v) is 12.9. The molecule has 3 N–H and O–H groups in total. The maximum Gasteiger partial charge on any atom is 0.407 e. The Bertz CT molecular complexity index is 1280. The van der Waals surface area contributed by atoms with Crippen molar-refractivity contribution >= 4 is 23.0 Å². The molecule has 2 fully saturated rings. The van der Waals surface area contributed by atoms with Gasteiger partial charge in [0, 0.05) is 12.1 Å². The molecule has 2 aliphatic rings. The summed E-state index contributed by atoms with van der Waals surface area (Å²) >= 11 is 0. The summed E-state index contributed by atoms with van der Waals surface area (Å²) in [5, 5.41) is 16.6. The second-order valence-electron chi connectivity index (χ2n) is 10.1. The zero-order valence-corrected chi connectivity index (χ0v) is 21.0. The lowest BCUT2D eigenvalue weighted by Gasteiger charge is -2.33. The number of carboxylic acid groups (broad SMARTS) is 1. The average Bonchev–Trinajstić information content (AvgIpc) is 3.56. The number of nitrogens with zero attached hydrogens (tertiary/aromatic N) is 3. The van der Waals surface area contributed by atoms with Gasteiger partial charge in [-0.2, -0.15) is 0 Å². The minimum atomic E-state index is -1.12. The van der Waals surface area contributed by atoms with Crippen LogP contribution >= 0.6 is 0 Å². The molecule has 11 heteroatoms. The van der Waals surface area contributed by atoms with E-state index in [2.05, 4.69) is 27.4 Å². The summed E-state index contributed by atoms with van der Waals surface area (Å²) < 4.78 is 26.3. The van der Waals surface area contributed by atoms with Crippen LogP contribution in [0.4, 0.5) is 9.18 Å². The van der Waals surface area contributed by atoms with Crippen molar-refractivity contribution in [3.05, 3.63) is 46.9 Å². The van der Waals surface area contributed by atoms with E-state index in [4.69, 9.17) is 9.26 Å². The van der Waals surface area contributed by atoms with Crippen molar-refractivity contribution in [2.75, 3.05) is 19.8 Å². The van der Waals surface area contributed by atoms with E-state index in [9.17, 15) is 14.7 Å². The Kier molecular flexibility index (Phi) is 7.14. The Morgan fingerprint density at radius 2 is 2.08 bits per heavy atom. The number of fused-ring (bicyclic) bond motifs is 1. The minimum absolute atomic E-state index is 0.0729. The predicted octanol–water partition coefficient (Wildman–Crippen LogP) is 4.60. The molecule has 37 heavy (non-hydrogen) atoms. The van der Waals surface area contributed by atoms with Crippen molar-refractivity contribution < 1.29 is 28.3 Å². The molecule has 1 aliphatic heterocycles. The van der Waals surface area contributed by atoms with Gasteiger partial charge in [-0.1, -0.05) is 37.9 Å². The van der Waals surface area contributed by atoms with Gasteiger partial charge < -0.3 is 24.7 Å². The van der Waals surface area contributed by atoms with Gasteiger partial charge in [-0.05, 0) is 37.2 Å². The van der Waals surface area contributed by atoms with E-state index >= 15 is 4.39 Å². The molecule has 1 saturated carbocycles. The van der Waals surface area contributed by atoms with Gasteiger partial charge in [-0.25, -0.2) is 14.2 Å². The molecule has 0 spiro atoms. The minimum Gasteiger partial charge on any atom is -0.465 e. The van der Waals surface area contributed by atoms with Crippen LogP contribution in [0.1, 0.15) is 79.1 Å². The van der Waals surface area contributed by atoms with Crippen LogP contribution in [0.25, 0.3) is 11.0 Å². The van der Waals surface area contributed by atoms with E-state index < -0.39 is 24.0 Å². The summed E-state index contributed by atoms with van der Waals surface area (Å²) in [6.07, 6.45) is 4.68. The van der Waals surface area contributed by atoms with Crippen LogP contribution < -0.4 is 5.32 Å². The normalized spacial score (nSPS) is 23.2. The van der Waals surface area contributed by atoms with Crippen molar-refractivity contribution in [3.8, 4) is 0 Å². The van der Waals surface area contributed by atoms with Crippen LogP contribution in [0.5, 0.6) is 0 Å². The number of aryl methyl sites for hydroxylation is 1. The highest BCUT2D eigenvalue weighted by molar-refractivity contribution is 5.95. The van der Waals surface area contributed by atoms with Crippen molar-refractivity contribution in [3.63, 3.8) is 0 Å². The van der Waals surface area contributed by atoms with Crippen molar-refractivity contribution in [2.24, 2.45) is 11.8 Å². The summed E-state index contributed by atoms with van der Waals surface area (Å²) in [5.74, 6) is 0.324. The molecule has 2 amide bonds. The number of rotatable bonds is 6. The molecule has 2 aromatic heterocycles. The lowest BCUT2D eigenvalue weighted by Crippen LogP contribution is -2.43. The third-order valence-corrected chi connectivity index (χ3v) is 7.71. The molecular weight excluding hydrogens is 481 g/mol. The summed E-state index contributed by atoms with van der Waals surface area (Å²) in [6, 6.07) is 2.07. The summed E-state index contributed by atoms with van der Waals surface area (Å²) in [5.41, 5.74) is 1.78. The number of benzene rings is 1.